The summed E-state index contributed by atoms with van der Waals surface area (Å²) in [5, 5.41) is 11.7. The SMILES string of the molecule is CCNC(CSCCCOC)C(=O)O. The minimum Gasteiger partial charge on any atom is -0.480 e. The first-order valence-corrected chi connectivity index (χ1v) is 5.90. The van der Waals surface area contributed by atoms with Gasteiger partial charge in [-0.1, -0.05) is 6.92 Å². The third-order valence-electron chi connectivity index (χ3n) is 1.67. The first kappa shape index (κ1) is 13.7. The van der Waals surface area contributed by atoms with Crippen molar-refractivity contribution in [1.82, 2.24) is 5.32 Å². The van der Waals surface area contributed by atoms with Crippen molar-refractivity contribution in [3.8, 4) is 0 Å². The van der Waals surface area contributed by atoms with Crippen LogP contribution in [0.2, 0.25) is 0 Å². The van der Waals surface area contributed by atoms with Crippen molar-refractivity contribution in [2.24, 2.45) is 0 Å². The van der Waals surface area contributed by atoms with E-state index in [1.165, 1.54) is 0 Å². The molecule has 0 rings (SSSR count). The summed E-state index contributed by atoms with van der Waals surface area (Å²) < 4.78 is 4.90. The van der Waals surface area contributed by atoms with Crippen LogP contribution in [0.4, 0.5) is 0 Å². The molecule has 5 heteroatoms. The Bertz CT molecular complexity index is 155. The second kappa shape index (κ2) is 9.30. The van der Waals surface area contributed by atoms with Crippen LogP contribution in [-0.2, 0) is 9.53 Å². The zero-order valence-electron chi connectivity index (χ0n) is 8.78. The van der Waals surface area contributed by atoms with E-state index < -0.39 is 12.0 Å². The van der Waals surface area contributed by atoms with Gasteiger partial charge in [-0.25, -0.2) is 0 Å². The van der Waals surface area contributed by atoms with Crippen LogP contribution in [0.25, 0.3) is 0 Å². The summed E-state index contributed by atoms with van der Waals surface area (Å²) >= 11 is 1.65. The van der Waals surface area contributed by atoms with E-state index in [2.05, 4.69) is 5.32 Å². The van der Waals surface area contributed by atoms with Gasteiger partial charge in [0.05, 0.1) is 0 Å². The number of carboxylic acid groups (broad SMARTS) is 1. The number of ether oxygens (including phenoxy) is 1. The molecule has 2 N–H and O–H groups in total. The van der Waals surface area contributed by atoms with Crippen molar-refractivity contribution in [1.29, 1.82) is 0 Å². The molecule has 14 heavy (non-hydrogen) atoms. The van der Waals surface area contributed by atoms with E-state index >= 15 is 0 Å². The van der Waals surface area contributed by atoms with Gasteiger partial charge in [-0.05, 0) is 18.7 Å². The highest BCUT2D eigenvalue weighted by Gasteiger charge is 2.14. The Morgan fingerprint density at radius 3 is 2.86 bits per heavy atom. The van der Waals surface area contributed by atoms with E-state index in [0.717, 1.165) is 18.8 Å². The van der Waals surface area contributed by atoms with Gasteiger partial charge >= 0.3 is 5.97 Å². The molecule has 0 aromatic heterocycles. The fraction of sp³-hybridized carbons (Fsp3) is 0.889. The summed E-state index contributed by atoms with van der Waals surface area (Å²) in [6.45, 7) is 3.34. The Hall–Kier alpha value is -0.260. The first-order valence-electron chi connectivity index (χ1n) is 4.75. The number of methoxy groups -OCH3 is 1. The molecule has 0 aromatic rings. The smallest absolute Gasteiger partial charge is 0.321 e. The number of rotatable bonds is 9. The molecule has 1 unspecified atom stereocenters. The predicted molar refractivity (Wildman–Crippen MR) is 58.9 cm³/mol. The molecule has 0 heterocycles. The Labute approximate surface area is 89.4 Å². The van der Waals surface area contributed by atoms with Gasteiger partial charge in [-0.15, -0.1) is 0 Å². The Kier molecular flexibility index (Phi) is 9.13. The molecule has 0 aliphatic heterocycles. The predicted octanol–water partition coefficient (Wildman–Crippen LogP) is 0.819. The molecule has 0 saturated heterocycles. The quantitative estimate of drug-likeness (QED) is 0.564. The summed E-state index contributed by atoms with van der Waals surface area (Å²) in [5.74, 6) is 0.793. The average molecular weight is 221 g/mol. The van der Waals surface area contributed by atoms with Gasteiger partial charge in [0.2, 0.25) is 0 Å². The van der Waals surface area contributed by atoms with E-state index in [0.29, 0.717) is 12.3 Å². The fourth-order valence-electron chi connectivity index (χ4n) is 0.970. The zero-order valence-corrected chi connectivity index (χ0v) is 9.60. The Morgan fingerprint density at radius 2 is 2.36 bits per heavy atom. The van der Waals surface area contributed by atoms with Crippen molar-refractivity contribution in [2.75, 3.05) is 31.8 Å². The molecule has 0 aliphatic carbocycles. The lowest BCUT2D eigenvalue weighted by Crippen LogP contribution is -2.38. The van der Waals surface area contributed by atoms with E-state index in [1.54, 1.807) is 18.9 Å². The third kappa shape index (κ3) is 7.17. The van der Waals surface area contributed by atoms with Crippen LogP contribution in [0.5, 0.6) is 0 Å². The van der Waals surface area contributed by atoms with E-state index in [-0.39, 0.29) is 0 Å². The van der Waals surface area contributed by atoms with E-state index in [1.807, 2.05) is 6.92 Å². The second-order valence-electron chi connectivity index (χ2n) is 2.87. The molecular weight excluding hydrogens is 202 g/mol. The molecule has 4 nitrogen and oxygen atoms in total. The van der Waals surface area contributed by atoms with Crippen molar-refractivity contribution >= 4 is 17.7 Å². The zero-order chi connectivity index (χ0) is 10.8. The number of carboxylic acids is 1. The van der Waals surface area contributed by atoms with Crippen LogP contribution >= 0.6 is 11.8 Å². The van der Waals surface area contributed by atoms with Gasteiger partial charge in [-0.2, -0.15) is 11.8 Å². The Morgan fingerprint density at radius 1 is 1.64 bits per heavy atom. The van der Waals surface area contributed by atoms with Gasteiger partial charge in [0.25, 0.3) is 0 Å². The fourth-order valence-corrected chi connectivity index (χ4v) is 1.96. The van der Waals surface area contributed by atoms with Crippen LogP contribution in [-0.4, -0.2) is 48.9 Å². The lowest BCUT2D eigenvalue weighted by atomic mass is 10.3. The summed E-state index contributed by atoms with van der Waals surface area (Å²) in [4.78, 5) is 10.7. The van der Waals surface area contributed by atoms with Gasteiger partial charge in [0.15, 0.2) is 0 Å². The van der Waals surface area contributed by atoms with Gasteiger partial charge < -0.3 is 15.2 Å². The van der Waals surface area contributed by atoms with Crippen LogP contribution in [0, 0.1) is 0 Å². The topological polar surface area (TPSA) is 58.6 Å². The number of carbonyl (C=O) groups is 1. The van der Waals surface area contributed by atoms with Gasteiger partial charge in [0.1, 0.15) is 6.04 Å². The molecule has 0 aliphatic rings. The third-order valence-corrected chi connectivity index (χ3v) is 2.82. The molecule has 0 fully saturated rings. The number of nitrogens with one attached hydrogen (secondary N) is 1. The van der Waals surface area contributed by atoms with Crippen molar-refractivity contribution in [2.45, 2.75) is 19.4 Å². The second-order valence-corrected chi connectivity index (χ2v) is 4.02. The average Bonchev–Trinajstić information content (AvgIpc) is 2.15. The lowest BCUT2D eigenvalue weighted by molar-refractivity contribution is -0.138. The van der Waals surface area contributed by atoms with Crippen LogP contribution < -0.4 is 5.32 Å². The minimum atomic E-state index is -0.772. The molecule has 0 bridgehead atoms. The molecule has 84 valence electrons. The molecular formula is C9H19NO3S. The molecule has 1 atom stereocenters. The monoisotopic (exact) mass is 221 g/mol. The van der Waals surface area contributed by atoms with Crippen molar-refractivity contribution in [3.05, 3.63) is 0 Å². The van der Waals surface area contributed by atoms with Crippen molar-refractivity contribution in [3.63, 3.8) is 0 Å². The highest BCUT2D eigenvalue weighted by atomic mass is 32.2. The first-order chi connectivity index (χ1) is 6.72. The summed E-state index contributed by atoms with van der Waals surface area (Å²) in [7, 11) is 1.67. The number of aliphatic carboxylic acids is 1. The number of likely N-dealkylation sites (N-methyl/N-ethyl adjacent to an activating group) is 1. The molecule has 0 aromatic carbocycles. The minimum absolute atomic E-state index is 0.424. The molecule has 0 saturated carbocycles. The number of hydrogen-bond acceptors (Lipinski definition) is 4. The highest BCUT2D eigenvalue weighted by Crippen LogP contribution is 2.05. The van der Waals surface area contributed by atoms with Crippen LogP contribution in [0.15, 0.2) is 0 Å². The number of hydrogen-bond donors (Lipinski definition) is 2. The summed E-state index contributed by atoms with van der Waals surface area (Å²) in [6, 6.07) is -0.424. The normalized spacial score (nSPS) is 12.7. The maximum absolute atomic E-state index is 10.7. The van der Waals surface area contributed by atoms with Crippen molar-refractivity contribution < 1.29 is 14.6 Å². The molecule has 0 radical (unpaired) electrons. The Balaban J connectivity index is 3.46. The highest BCUT2D eigenvalue weighted by molar-refractivity contribution is 7.99. The summed E-state index contributed by atoms with van der Waals surface area (Å²) in [5.41, 5.74) is 0. The van der Waals surface area contributed by atoms with Gasteiger partial charge in [0, 0.05) is 19.5 Å². The summed E-state index contributed by atoms with van der Waals surface area (Å²) in [6.07, 6.45) is 0.972. The maximum atomic E-state index is 10.7. The lowest BCUT2D eigenvalue weighted by Gasteiger charge is -2.12. The number of thioether (sulfide) groups is 1. The van der Waals surface area contributed by atoms with Gasteiger partial charge in [-0.3, -0.25) is 4.79 Å². The maximum Gasteiger partial charge on any atom is 0.321 e. The van der Waals surface area contributed by atoms with E-state index in [4.69, 9.17) is 9.84 Å². The van der Waals surface area contributed by atoms with Crippen LogP contribution in [0.3, 0.4) is 0 Å². The molecule has 0 amide bonds. The molecule has 0 spiro atoms. The standard InChI is InChI=1S/C9H19NO3S/c1-3-10-8(9(11)12)7-14-6-4-5-13-2/h8,10H,3-7H2,1-2H3,(H,11,12). The van der Waals surface area contributed by atoms with E-state index in [9.17, 15) is 4.79 Å². The largest absolute Gasteiger partial charge is 0.480 e. The van der Waals surface area contributed by atoms with Crippen LogP contribution in [0.1, 0.15) is 13.3 Å².